The van der Waals surface area contributed by atoms with Crippen LogP contribution >= 0.6 is 0 Å². The van der Waals surface area contributed by atoms with Crippen molar-refractivity contribution in [2.24, 2.45) is 0 Å². The zero-order valence-electron chi connectivity index (χ0n) is 18.0. The Morgan fingerprint density at radius 1 is 0.848 bits per heavy atom. The summed E-state index contributed by atoms with van der Waals surface area (Å²) in [5.41, 5.74) is 4.19. The van der Waals surface area contributed by atoms with Crippen LogP contribution < -0.4 is 4.74 Å². The second-order valence-corrected chi connectivity index (χ2v) is 7.76. The molecule has 0 bridgehead atoms. The summed E-state index contributed by atoms with van der Waals surface area (Å²) >= 11 is 0. The van der Waals surface area contributed by atoms with E-state index in [4.69, 9.17) is 4.74 Å². The largest absolute Gasteiger partial charge is 0.487 e. The topological polar surface area (TPSA) is 76.6 Å². The molecule has 1 unspecified atom stereocenters. The molecule has 0 saturated heterocycles. The molecular formula is C27H23N5O. The number of aromatic amines is 1. The predicted octanol–water partition coefficient (Wildman–Crippen LogP) is 5.37. The number of pyridine rings is 1. The Morgan fingerprint density at radius 2 is 1.67 bits per heavy atom. The Kier molecular flexibility index (Phi) is 6.15. The summed E-state index contributed by atoms with van der Waals surface area (Å²) < 4.78 is 5.95. The van der Waals surface area contributed by atoms with Crippen LogP contribution in [0.2, 0.25) is 0 Å². The number of hydrogen-bond acceptors (Lipinski definition) is 5. The summed E-state index contributed by atoms with van der Waals surface area (Å²) in [6.07, 6.45) is 4.98. The lowest BCUT2D eigenvalue weighted by Gasteiger charge is -2.11. The number of hydrogen-bond donors (Lipinski definition) is 1. The molecule has 33 heavy (non-hydrogen) atoms. The van der Waals surface area contributed by atoms with Crippen molar-refractivity contribution in [2.45, 2.75) is 18.9 Å². The standard InChI is InChI=1S/C27H23N5O/c1-2-6-21(7-3-1)23(18-27-29-31-32-30-27)13-10-20-11-16-25(17-12-20)33-19-24-15-14-22-8-4-5-9-26(22)28-24/h1-17,23H,18-19H2,(H,29,30,31,32). The van der Waals surface area contributed by atoms with Gasteiger partial charge in [-0.2, -0.15) is 5.21 Å². The number of ether oxygens (including phenoxy) is 1. The molecule has 0 aliphatic heterocycles. The third kappa shape index (κ3) is 5.30. The second kappa shape index (κ2) is 9.87. The maximum Gasteiger partial charge on any atom is 0.175 e. The first-order valence-electron chi connectivity index (χ1n) is 10.9. The number of benzene rings is 3. The van der Waals surface area contributed by atoms with Gasteiger partial charge in [0.2, 0.25) is 0 Å². The number of fused-ring (bicyclic) bond motifs is 1. The molecule has 162 valence electrons. The van der Waals surface area contributed by atoms with Crippen molar-refractivity contribution in [3.63, 3.8) is 0 Å². The van der Waals surface area contributed by atoms with Gasteiger partial charge in [-0.3, -0.25) is 0 Å². The number of para-hydroxylation sites is 1. The van der Waals surface area contributed by atoms with E-state index in [0.29, 0.717) is 18.9 Å². The van der Waals surface area contributed by atoms with Crippen LogP contribution in [-0.4, -0.2) is 25.6 Å². The lowest BCUT2D eigenvalue weighted by atomic mass is 9.94. The summed E-state index contributed by atoms with van der Waals surface area (Å²) in [4.78, 5) is 4.66. The molecule has 1 N–H and O–H groups in total. The second-order valence-electron chi connectivity index (χ2n) is 7.76. The zero-order chi connectivity index (χ0) is 22.3. The molecule has 0 aliphatic carbocycles. The first kappa shape index (κ1) is 20.6. The van der Waals surface area contributed by atoms with E-state index in [-0.39, 0.29) is 5.92 Å². The number of nitrogens with zero attached hydrogens (tertiary/aromatic N) is 4. The molecule has 6 heteroatoms. The fourth-order valence-corrected chi connectivity index (χ4v) is 3.71. The first-order chi connectivity index (χ1) is 16.3. The quantitative estimate of drug-likeness (QED) is 0.356. The molecule has 5 rings (SSSR count). The van der Waals surface area contributed by atoms with E-state index in [1.165, 1.54) is 5.56 Å². The van der Waals surface area contributed by atoms with E-state index in [2.05, 4.69) is 74.2 Å². The average Bonchev–Trinajstić information content (AvgIpc) is 3.39. The third-order valence-corrected chi connectivity index (χ3v) is 5.46. The molecule has 2 heterocycles. The molecule has 3 aromatic carbocycles. The monoisotopic (exact) mass is 433 g/mol. The maximum absolute atomic E-state index is 5.95. The number of rotatable bonds is 8. The van der Waals surface area contributed by atoms with E-state index < -0.39 is 0 Å². The van der Waals surface area contributed by atoms with Crippen LogP contribution in [0, 0.1) is 0 Å². The lowest BCUT2D eigenvalue weighted by Crippen LogP contribution is -2.02. The Hall–Kier alpha value is -4.32. The van der Waals surface area contributed by atoms with Crippen LogP contribution in [0.25, 0.3) is 17.0 Å². The van der Waals surface area contributed by atoms with Crippen molar-refractivity contribution in [1.29, 1.82) is 0 Å². The van der Waals surface area contributed by atoms with E-state index in [1.807, 2.05) is 54.6 Å². The SMILES string of the molecule is C(=CC(Cc1nn[nH]n1)c1ccccc1)c1ccc(OCc2ccc3ccccc3n2)cc1. The number of allylic oxidation sites excluding steroid dienone is 1. The van der Waals surface area contributed by atoms with Gasteiger partial charge >= 0.3 is 0 Å². The van der Waals surface area contributed by atoms with Crippen LogP contribution in [-0.2, 0) is 13.0 Å². The van der Waals surface area contributed by atoms with Crippen LogP contribution in [0.1, 0.15) is 28.6 Å². The van der Waals surface area contributed by atoms with Gasteiger partial charge in [0.05, 0.1) is 11.2 Å². The molecule has 0 amide bonds. The normalized spacial score (nSPS) is 12.2. The van der Waals surface area contributed by atoms with Crippen molar-refractivity contribution in [2.75, 3.05) is 0 Å². The van der Waals surface area contributed by atoms with E-state index in [9.17, 15) is 0 Å². The van der Waals surface area contributed by atoms with Gasteiger partial charge in [0, 0.05) is 17.7 Å². The molecule has 0 aliphatic rings. The van der Waals surface area contributed by atoms with Crippen molar-refractivity contribution in [3.8, 4) is 5.75 Å². The maximum atomic E-state index is 5.95. The molecule has 0 fully saturated rings. The summed E-state index contributed by atoms with van der Waals surface area (Å²) in [6.45, 7) is 0.431. The molecule has 2 aromatic heterocycles. The zero-order valence-corrected chi connectivity index (χ0v) is 18.0. The minimum absolute atomic E-state index is 0.152. The van der Waals surface area contributed by atoms with Gasteiger partial charge in [0.25, 0.3) is 0 Å². The van der Waals surface area contributed by atoms with Crippen molar-refractivity contribution >= 4 is 17.0 Å². The highest BCUT2D eigenvalue weighted by Crippen LogP contribution is 2.23. The molecule has 6 nitrogen and oxygen atoms in total. The summed E-state index contributed by atoms with van der Waals surface area (Å²) in [7, 11) is 0. The highest BCUT2D eigenvalue weighted by atomic mass is 16.5. The summed E-state index contributed by atoms with van der Waals surface area (Å²) in [6, 6.07) is 30.6. The Bertz CT molecular complexity index is 1330. The average molecular weight is 434 g/mol. The van der Waals surface area contributed by atoms with Gasteiger partial charge < -0.3 is 4.74 Å². The van der Waals surface area contributed by atoms with Gasteiger partial charge in [0.1, 0.15) is 12.4 Å². The first-order valence-corrected chi connectivity index (χ1v) is 10.9. The fraction of sp³-hybridized carbons (Fsp3) is 0.111. The van der Waals surface area contributed by atoms with Gasteiger partial charge in [-0.1, -0.05) is 84.1 Å². The van der Waals surface area contributed by atoms with Gasteiger partial charge in [0.15, 0.2) is 5.82 Å². The van der Waals surface area contributed by atoms with Gasteiger partial charge in [-0.25, -0.2) is 4.98 Å². The highest BCUT2D eigenvalue weighted by molar-refractivity contribution is 5.78. The number of H-pyrrole nitrogens is 1. The Balaban J connectivity index is 1.24. The van der Waals surface area contributed by atoms with Crippen LogP contribution in [0.3, 0.4) is 0 Å². The van der Waals surface area contributed by atoms with Crippen LogP contribution in [0.15, 0.2) is 97.1 Å². The minimum Gasteiger partial charge on any atom is -0.487 e. The predicted molar refractivity (Wildman–Crippen MR) is 129 cm³/mol. The highest BCUT2D eigenvalue weighted by Gasteiger charge is 2.12. The molecule has 0 spiro atoms. The molecule has 1 atom stereocenters. The molecular weight excluding hydrogens is 410 g/mol. The van der Waals surface area contributed by atoms with E-state index in [1.54, 1.807) is 0 Å². The summed E-state index contributed by atoms with van der Waals surface area (Å²) in [5, 5.41) is 15.5. The third-order valence-electron chi connectivity index (χ3n) is 5.46. The molecule has 5 aromatic rings. The van der Waals surface area contributed by atoms with Gasteiger partial charge in [-0.15, -0.1) is 10.2 Å². The van der Waals surface area contributed by atoms with Gasteiger partial charge in [-0.05, 0) is 35.4 Å². The minimum atomic E-state index is 0.152. The Morgan fingerprint density at radius 3 is 2.48 bits per heavy atom. The Labute approximate surface area is 192 Å². The van der Waals surface area contributed by atoms with E-state index >= 15 is 0 Å². The van der Waals surface area contributed by atoms with Crippen molar-refractivity contribution in [3.05, 3.63) is 120 Å². The number of tetrazole rings is 1. The number of nitrogens with one attached hydrogen (secondary N) is 1. The van der Waals surface area contributed by atoms with Crippen molar-refractivity contribution < 1.29 is 4.74 Å². The van der Waals surface area contributed by atoms with E-state index in [0.717, 1.165) is 27.9 Å². The van der Waals surface area contributed by atoms with Crippen LogP contribution in [0.5, 0.6) is 5.75 Å². The van der Waals surface area contributed by atoms with Crippen molar-refractivity contribution in [1.82, 2.24) is 25.6 Å². The summed E-state index contributed by atoms with van der Waals surface area (Å²) in [5.74, 6) is 1.66. The fourth-order valence-electron chi connectivity index (χ4n) is 3.71. The van der Waals surface area contributed by atoms with Crippen LogP contribution in [0.4, 0.5) is 0 Å². The lowest BCUT2D eigenvalue weighted by molar-refractivity contribution is 0.302. The molecule has 0 radical (unpaired) electrons. The smallest absolute Gasteiger partial charge is 0.175 e. The number of aromatic nitrogens is 5. The molecule has 0 saturated carbocycles.